The zero-order chi connectivity index (χ0) is 15.5. The maximum atomic E-state index is 4.79. The first-order valence-electron chi connectivity index (χ1n) is 7.60. The van der Waals surface area contributed by atoms with Crippen LogP contribution in [0.1, 0.15) is 57.9 Å². The number of nitrogens with zero attached hydrogens (tertiary/aromatic N) is 2. The van der Waals surface area contributed by atoms with Gasteiger partial charge >= 0.3 is 0 Å². The number of aryl methyl sites for hydroxylation is 2. The Morgan fingerprint density at radius 3 is 2.40 bits per heavy atom. The molecule has 3 heteroatoms. The van der Waals surface area contributed by atoms with Crippen molar-refractivity contribution in [2.24, 2.45) is 0 Å². The van der Waals surface area contributed by atoms with Crippen molar-refractivity contribution in [2.45, 2.75) is 73.0 Å². The lowest BCUT2D eigenvalue weighted by atomic mass is 10.0. The van der Waals surface area contributed by atoms with Crippen molar-refractivity contribution in [3.63, 3.8) is 0 Å². The lowest BCUT2D eigenvalue weighted by molar-refractivity contribution is 0.423. The molecule has 0 aromatic carbocycles. The Labute approximate surface area is 124 Å². The van der Waals surface area contributed by atoms with E-state index < -0.39 is 0 Å². The Bertz CT molecular complexity index is 446. The summed E-state index contributed by atoms with van der Waals surface area (Å²) in [6.45, 7) is 16.2. The minimum atomic E-state index is 0.115. The van der Waals surface area contributed by atoms with Gasteiger partial charge in [-0.05, 0) is 59.6 Å². The third-order valence-corrected chi connectivity index (χ3v) is 3.84. The number of hydrogen-bond acceptors (Lipinski definition) is 3. The average Bonchev–Trinajstić information content (AvgIpc) is 2.33. The van der Waals surface area contributed by atoms with Gasteiger partial charge in [-0.3, -0.25) is 0 Å². The summed E-state index contributed by atoms with van der Waals surface area (Å²) in [6, 6.07) is 2.67. The van der Waals surface area contributed by atoms with E-state index in [-0.39, 0.29) is 5.54 Å². The van der Waals surface area contributed by atoms with Gasteiger partial charge in [-0.15, -0.1) is 0 Å². The van der Waals surface area contributed by atoms with Gasteiger partial charge in [0.05, 0.1) is 0 Å². The number of rotatable bonds is 5. The molecule has 1 heterocycles. The fourth-order valence-electron chi connectivity index (χ4n) is 2.19. The third kappa shape index (κ3) is 4.48. The largest absolute Gasteiger partial charge is 0.357 e. The van der Waals surface area contributed by atoms with Gasteiger partial charge in [-0.1, -0.05) is 6.92 Å². The van der Waals surface area contributed by atoms with E-state index in [1.165, 1.54) is 11.1 Å². The Morgan fingerprint density at radius 2 is 1.90 bits per heavy atom. The fourth-order valence-corrected chi connectivity index (χ4v) is 2.19. The highest BCUT2D eigenvalue weighted by atomic mass is 15.2. The Kier molecular flexibility index (Phi) is 5.58. The number of pyridine rings is 1. The molecule has 1 aromatic heterocycles. The van der Waals surface area contributed by atoms with Crippen LogP contribution in [0.15, 0.2) is 6.07 Å². The van der Waals surface area contributed by atoms with E-state index in [0.29, 0.717) is 6.04 Å². The molecular weight excluding hydrogens is 246 g/mol. The van der Waals surface area contributed by atoms with Gasteiger partial charge in [-0.25, -0.2) is 4.98 Å². The van der Waals surface area contributed by atoms with Crippen molar-refractivity contribution < 1.29 is 0 Å². The van der Waals surface area contributed by atoms with Gasteiger partial charge < -0.3 is 10.2 Å². The van der Waals surface area contributed by atoms with Crippen LogP contribution in [-0.4, -0.2) is 23.6 Å². The predicted octanol–water partition coefficient (Wildman–Crippen LogP) is 3.82. The standard InChI is InChI=1S/C17H31N3/c1-9-14(4)20(8)16-15(11-18-17(5,6)7)12(2)10-13(3)19-16/h10,14,18H,9,11H2,1-8H3. The summed E-state index contributed by atoms with van der Waals surface area (Å²) in [5, 5.41) is 3.58. The van der Waals surface area contributed by atoms with Gasteiger partial charge in [-0.2, -0.15) is 0 Å². The number of nitrogens with one attached hydrogen (secondary N) is 1. The molecule has 114 valence electrons. The van der Waals surface area contributed by atoms with Crippen LogP contribution in [0.2, 0.25) is 0 Å². The van der Waals surface area contributed by atoms with E-state index in [9.17, 15) is 0 Å². The Morgan fingerprint density at radius 1 is 1.30 bits per heavy atom. The van der Waals surface area contributed by atoms with E-state index in [0.717, 1.165) is 24.5 Å². The van der Waals surface area contributed by atoms with E-state index in [2.05, 4.69) is 71.8 Å². The second-order valence-corrected chi connectivity index (χ2v) is 6.85. The summed E-state index contributed by atoms with van der Waals surface area (Å²) in [7, 11) is 2.15. The zero-order valence-corrected chi connectivity index (χ0v) is 14.5. The van der Waals surface area contributed by atoms with Crippen molar-refractivity contribution in [1.29, 1.82) is 0 Å². The summed E-state index contributed by atoms with van der Waals surface area (Å²) in [5.74, 6) is 1.12. The van der Waals surface area contributed by atoms with Gasteiger partial charge in [0.25, 0.3) is 0 Å². The van der Waals surface area contributed by atoms with E-state index in [1.807, 2.05) is 0 Å². The molecule has 1 aromatic rings. The summed E-state index contributed by atoms with van der Waals surface area (Å²) in [6.07, 6.45) is 1.12. The van der Waals surface area contributed by atoms with Gasteiger partial charge in [0.1, 0.15) is 5.82 Å². The molecule has 1 N–H and O–H groups in total. The van der Waals surface area contributed by atoms with E-state index in [1.54, 1.807) is 0 Å². The molecule has 3 nitrogen and oxygen atoms in total. The smallest absolute Gasteiger partial charge is 0.133 e. The van der Waals surface area contributed by atoms with Crippen LogP contribution in [0.3, 0.4) is 0 Å². The van der Waals surface area contributed by atoms with Crippen LogP contribution in [0.25, 0.3) is 0 Å². The number of aromatic nitrogens is 1. The van der Waals surface area contributed by atoms with E-state index in [4.69, 9.17) is 4.98 Å². The van der Waals surface area contributed by atoms with Gasteiger partial charge in [0, 0.05) is 36.4 Å². The van der Waals surface area contributed by atoms with Crippen LogP contribution >= 0.6 is 0 Å². The Balaban J connectivity index is 3.14. The molecular formula is C17H31N3. The summed E-state index contributed by atoms with van der Waals surface area (Å²) < 4.78 is 0. The highest BCUT2D eigenvalue weighted by Crippen LogP contribution is 2.24. The third-order valence-electron chi connectivity index (χ3n) is 3.84. The summed E-state index contributed by atoms with van der Waals surface area (Å²) in [5.41, 5.74) is 3.84. The molecule has 1 atom stereocenters. The zero-order valence-electron chi connectivity index (χ0n) is 14.5. The van der Waals surface area contributed by atoms with Crippen molar-refractivity contribution in [2.75, 3.05) is 11.9 Å². The maximum absolute atomic E-state index is 4.79. The predicted molar refractivity (Wildman–Crippen MR) is 88.5 cm³/mol. The topological polar surface area (TPSA) is 28.2 Å². The van der Waals surface area contributed by atoms with Crippen LogP contribution in [0, 0.1) is 13.8 Å². The van der Waals surface area contributed by atoms with Crippen LogP contribution in [0.5, 0.6) is 0 Å². The summed E-state index contributed by atoms with van der Waals surface area (Å²) in [4.78, 5) is 7.09. The Hall–Kier alpha value is -1.09. The van der Waals surface area contributed by atoms with Crippen molar-refractivity contribution in [1.82, 2.24) is 10.3 Å². The molecule has 0 fully saturated rings. The molecule has 0 radical (unpaired) electrons. The van der Waals surface area contributed by atoms with Crippen LogP contribution in [0.4, 0.5) is 5.82 Å². The monoisotopic (exact) mass is 277 g/mol. The van der Waals surface area contributed by atoms with Gasteiger partial charge in [0.2, 0.25) is 0 Å². The maximum Gasteiger partial charge on any atom is 0.133 e. The highest BCUT2D eigenvalue weighted by molar-refractivity contribution is 5.51. The molecule has 0 saturated heterocycles. The first kappa shape index (κ1) is 17.0. The van der Waals surface area contributed by atoms with Crippen molar-refractivity contribution >= 4 is 5.82 Å². The first-order chi connectivity index (χ1) is 9.15. The van der Waals surface area contributed by atoms with Gasteiger partial charge in [0.15, 0.2) is 0 Å². The molecule has 0 saturated carbocycles. The van der Waals surface area contributed by atoms with Crippen molar-refractivity contribution in [3.8, 4) is 0 Å². The lowest BCUT2D eigenvalue weighted by Gasteiger charge is -2.29. The number of hydrogen-bond donors (Lipinski definition) is 1. The minimum Gasteiger partial charge on any atom is -0.357 e. The molecule has 0 amide bonds. The quantitative estimate of drug-likeness (QED) is 0.887. The molecule has 0 bridgehead atoms. The summed E-state index contributed by atoms with van der Waals surface area (Å²) >= 11 is 0. The molecule has 1 unspecified atom stereocenters. The highest BCUT2D eigenvalue weighted by Gasteiger charge is 2.18. The normalized spacial score (nSPS) is 13.4. The second-order valence-electron chi connectivity index (χ2n) is 6.85. The molecule has 0 aliphatic rings. The fraction of sp³-hybridized carbons (Fsp3) is 0.706. The van der Waals surface area contributed by atoms with Crippen LogP contribution < -0.4 is 10.2 Å². The molecule has 0 aliphatic heterocycles. The average molecular weight is 277 g/mol. The molecule has 0 aliphatic carbocycles. The minimum absolute atomic E-state index is 0.115. The van der Waals surface area contributed by atoms with E-state index >= 15 is 0 Å². The van der Waals surface area contributed by atoms with Crippen molar-refractivity contribution in [3.05, 3.63) is 22.9 Å². The first-order valence-corrected chi connectivity index (χ1v) is 7.60. The second kappa shape index (κ2) is 6.57. The molecule has 20 heavy (non-hydrogen) atoms. The molecule has 0 spiro atoms. The lowest BCUT2D eigenvalue weighted by Crippen LogP contribution is -2.37. The van der Waals surface area contributed by atoms with Crippen LogP contribution in [-0.2, 0) is 6.54 Å². The SMILES string of the molecule is CCC(C)N(C)c1nc(C)cc(C)c1CNC(C)(C)C. The number of anilines is 1. The molecule has 1 rings (SSSR count).